The quantitative estimate of drug-likeness (QED) is 0.769. The summed E-state index contributed by atoms with van der Waals surface area (Å²) < 4.78 is 5.47. The number of ketones is 1. The molecular weight excluding hydrogens is 340 g/mol. The molecule has 25 heavy (non-hydrogen) atoms. The van der Waals surface area contributed by atoms with E-state index >= 15 is 0 Å². The lowest BCUT2D eigenvalue weighted by Gasteiger charge is -2.25. The van der Waals surface area contributed by atoms with Gasteiger partial charge in [-0.3, -0.25) is 9.59 Å². The van der Waals surface area contributed by atoms with Crippen molar-refractivity contribution in [2.45, 2.75) is 12.5 Å². The molecule has 2 aromatic heterocycles. The maximum atomic E-state index is 12.9. The van der Waals surface area contributed by atoms with Gasteiger partial charge in [-0.15, -0.1) is 11.3 Å². The number of carbonyl (C=O) groups excluding carboxylic acids is 2. The van der Waals surface area contributed by atoms with Crippen LogP contribution in [0, 0.1) is 0 Å². The monoisotopic (exact) mass is 360 g/mol. The number of hydrogen-bond acceptors (Lipinski definition) is 6. The van der Waals surface area contributed by atoms with Crippen LogP contribution in [0.1, 0.15) is 27.9 Å². The molecule has 6 nitrogen and oxygen atoms in total. The average Bonchev–Trinajstić information content (AvgIpc) is 3.31. The number of carbonyl (C=O) groups is 2. The van der Waals surface area contributed by atoms with E-state index in [9.17, 15) is 14.7 Å². The van der Waals surface area contributed by atoms with Crippen molar-refractivity contribution in [3.05, 3.63) is 57.9 Å². The molecule has 0 saturated heterocycles. The van der Waals surface area contributed by atoms with Gasteiger partial charge in [0.1, 0.15) is 11.8 Å². The zero-order valence-corrected chi connectivity index (χ0v) is 15.0. The standard InChI is InChI=1S/C18H20N2O4S/c1-19(2)8-5-9-20-15(12-6-3-10-24-12)14(17(22)18(20)23)16(21)13-7-4-11-25-13/h3-4,6-7,10-11,15,22H,5,8-9H2,1-2H3/t15-/m1/s1. The van der Waals surface area contributed by atoms with Crippen molar-refractivity contribution in [3.8, 4) is 0 Å². The minimum absolute atomic E-state index is 0.0900. The minimum Gasteiger partial charge on any atom is -0.503 e. The minimum atomic E-state index is -0.695. The second kappa shape index (κ2) is 7.25. The second-order valence-electron chi connectivity index (χ2n) is 6.14. The van der Waals surface area contributed by atoms with Gasteiger partial charge in [-0.2, -0.15) is 0 Å². The number of aliphatic hydroxyl groups excluding tert-OH is 1. The SMILES string of the molecule is CN(C)CCCN1C(=O)C(O)=C(C(=O)c2cccs2)[C@H]1c1ccco1. The Labute approximate surface area is 150 Å². The smallest absolute Gasteiger partial charge is 0.290 e. The summed E-state index contributed by atoms with van der Waals surface area (Å²) in [7, 11) is 3.91. The van der Waals surface area contributed by atoms with Crippen LogP contribution in [0.15, 0.2) is 51.7 Å². The molecule has 0 aliphatic carbocycles. The molecule has 0 fully saturated rings. The largest absolute Gasteiger partial charge is 0.503 e. The summed E-state index contributed by atoms with van der Waals surface area (Å²) in [6, 6.07) is 6.19. The first-order valence-corrected chi connectivity index (χ1v) is 8.89. The molecule has 132 valence electrons. The molecule has 0 aromatic carbocycles. The van der Waals surface area contributed by atoms with Crippen LogP contribution in [-0.4, -0.2) is 53.8 Å². The molecule has 7 heteroatoms. The number of rotatable bonds is 7. The van der Waals surface area contributed by atoms with E-state index in [4.69, 9.17) is 4.42 Å². The fourth-order valence-corrected chi connectivity index (χ4v) is 3.63. The van der Waals surface area contributed by atoms with Crippen molar-refractivity contribution in [2.75, 3.05) is 27.2 Å². The second-order valence-corrected chi connectivity index (χ2v) is 7.09. The average molecular weight is 360 g/mol. The first-order valence-electron chi connectivity index (χ1n) is 8.01. The van der Waals surface area contributed by atoms with E-state index < -0.39 is 17.7 Å². The number of nitrogens with zero attached hydrogens (tertiary/aromatic N) is 2. The zero-order chi connectivity index (χ0) is 18.0. The van der Waals surface area contributed by atoms with Crippen LogP contribution >= 0.6 is 11.3 Å². The van der Waals surface area contributed by atoms with Crippen LogP contribution in [0.2, 0.25) is 0 Å². The van der Waals surface area contributed by atoms with Gasteiger partial charge in [-0.1, -0.05) is 6.07 Å². The van der Waals surface area contributed by atoms with E-state index in [1.807, 2.05) is 19.0 Å². The molecule has 1 amide bonds. The normalized spacial score (nSPS) is 17.8. The van der Waals surface area contributed by atoms with Gasteiger partial charge in [-0.25, -0.2) is 0 Å². The van der Waals surface area contributed by atoms with Crippen LogP contribution in [0.5, 0.6) is 0 Å². The van der Waals surface area contributed by atoms with E-state index in [1.165, 1.54) is 22.5 Å². The van der Waals surface area contributed by atoms with Crippen LogP contribution in [0.3, 0.4) is 0 Å². The molecule has 0 bridgehead atoms. The van der Waals surface area contributed by atoms with Crippen molar-refractivity contribution >= 4 is 23.0 Å². The Morgan fingerprint density at radius 2 is 2.16 bits per heavy atom. The van der Waals surface area contributed by atoms with Gasteiger partial charge >= 0.3 is 0 Å². The molecule has 1 atom stereocenters. The lowest BCUT2D eigenvalue weighted by atomic mass is 10.00. The summed E-state index contributed by atoms with van der Waals surface area (Å²) in [5.74, 6) is -0.871. The lowest BCUT2D eigenvalue weighted by molar-refractivity contribution is -0.129. The van der Waals surface area contributed by atoms with Crippen LogP contribution in [0.4, 0.5) is 0 Å². The summed E-state index contributed by atoms with van der Waals surface area (Å²) >= 11 is 1.28. The van der Waals surface area contributed by atoms with Gasteiger partial charge in [0.15, 0.2) is 5.76 Å². The molecule has 1 aliphatic rings. The van der Waals surface area contributed by atoms with Crippen LogP contribution < -0.4 is 0 Å². The number of hydrogen-bond donors (Lipinski definition) is 1. The number of amides is 1. The van der Waals surface area contributed by atoms with Gasteiger partial charge < -0.3 is 19.3 Å². The fraction of sp³-hybridized carbons (Fsp3) is 0.333. The predicted octanol–water partition coefficient (Wildman–Crippen LogP) is 2.87. The number of furan rings is 1. The molecule has 3 heterocycles. The number of aliphatic hydroxyl groups is 1. The Hall–Kier alpha value is -2.38. The summed E-state index contributed by atoms with van der Waals surface area (Å²) in [5, 5.41) is 12.2. The molecule has 1 N–H and O–H groups in total. The maximum absolute atomic E-state index is 12.9. The molecule has 3 rings (SSSR count). The van der Waals surface area contributed by atoms with Crippen molar-refractivity contribution in [2.24, 2.45) is 0 Å². The Bertz CT molecular complexity index is 778. The summed E-state index contributed by atoms with van der Waals surface area (Å²) in [4.78, 5) is 29.5. The van der Waals surface area contributed by atoms with Crippen LogP contribution in [0.25, 0.3) is 0 Å². The Balaban J connectivity index is 1.94. The van der Waals surface area contributed by atoms with Gasteiger partial charge in [-0.05, 0) is 50.6 Å². The van der Waals surface area contributed by atoms with E-state index in [0.29, 0.717) is 17.2 Å². The lowest BCUT2D eigenvalue weighted by Crippen LogP contribution is -2.33. The highest BCUT2D eigenvalue weighted by Crippen LogP contribution is 2.39. The number of thiophene rings is 1. The van der Waals surface area contributed by atoms with E-state index in [-0.39, 0.29) is 11.4 Å². The summed E-state index contributed by atoms with van der Waals surface area (Å²) in [6.45, 7) is 1.22. The Kier molecular flexibility index (Phi) is 5.06. The summed E-state index contributed by atoms with van der Waals surface area (Å²) in [5.41, 5.74) is 0.0900. The van der Waals surface area contributed by atoms with E-state index in [0.717, 1.165) is 13.0 Å². The highest BCUT2D eigenvalue weighted by Gasteiger charge is 2.45. The van der Waals surface area contributed by atoms with Crippen molar-refractivity contribution in [1.29, 1.82) is 0 Å². The van der Waals surface area contributed by atoms with Crippen LogP contribution in [-0.2, 0) is 4.79 Å². The third-order valence-corrected chi connectivity index (χ3v) is 4.98. The summed E-state index contributed by atoms with van der Waals surface area (Å²) in [6.07, 6.45) is 2.23. The number of Topliss-reactive ketones (excluding diaryl/α,β-unsaturated/α-hetero) is 1. The molecule has 2 aromatic rings. The van der Waals surface area contributed by atoms with Gasteiger partial charge in [0.05, 0.1) is 16.7 Å². The van der Waals surface area contributed by atoms with Gasteiger partial charge in [0.2, 0.25) is 5.78 Å². The van der Waals surface area contributed by atoms with E-state index in [2.05, 4.69) is 0 Å². The third-order valence-electron chi connectivity index (χ3n) is 4.11. The first-order chi connectivity index (χ1) is 12.0. The highest BCUT2D eigenvalue weighted by atomic mass is 32.1. The highest BCUT2D eigenvalue weighted by molar-refractivity contribution is 7.12. The Morgan fingerprint density at radius 1 is 1.36 bits per heavy atom. The molecule has 0 saturated carbocycles. The van der Waals surface area contributed by atoms with Crippen molar-refractivity contribution in [1.82, 2.24) is 9.80 Å². The van der Waals surface area contributed by atoms with Crippen molar-refractivity contribution < 1.29 is 19.1 Å². The fourth-order valence-electron chi connectivity index (χ4n) is 2.96. The van der Waals surface area contributed by atoms with Gasteiger partial charge in [0.25, 0.3) is 5.91 Å². The molecule has 0 unspecified atom stereocenters. The molecule has 1 aliphatic heterocycles. The zero-order valence-electron chi connectivity index (χ0n) is 14.1. The van der Waals surface area contributed by atoms with Crippen molar-refractivity contribution in [3.63, 3.8) is 0 Å². The third kappa shape index (κ3) is 3.38. The first kappa shape index (κ1) is 17.4. The Morgan fingerprint density at radius 3 is 2.76 bits per heavy atom. The van der Waals surface area contributed by atoms with E-state index in [1.54, 1.807) is 29.6 Å². The maximum Gasteiger partial charge on any atom is 0.290 e. The topological polar surface area (TPSA) is 74.0 Å². The molecule has 0 radical (unpaired) electrons. The molecular formula is C18H20N2O4S. The molecule has 0 spiro atoms. The predicted molar refractivity (Wildman–Crippen MR) is 94.6 cm³/mol. The van der Waals surface area contributed by atoms with Gasteiger partial charge in [0, 0.05) is 6.54 Å².